The van der Waals surface area contributed by atoms with Crippen LogP contribution < -0.4 is 0 Å². The highest BCUT2D eigenvalue weighted by Gasteiger charge is 2.67. The number of hydrogen-bond acceptors (Lipinski definition) is 4. The minimum absolute atomic E-state index is 0.0316. The zero-order valence-corrected chi connectivity index (χ0v) is 16.6. The molecule has 0 aromatic heterocycles. The lowest BCUT2D eigenvalue weighted by atomic mass is 9.49. The van der Waals surface area contributed by atoms with Gasteiger partial charge in [0.1, 0.15) is 0 Å². The van der Waals surface area contributed by atoms with E-state index in [0.29, 0.717) is 24.2 Å². The van der Waals surface area contributed by atoms with E-state index in [1.807, 2.05) is 0 Å². The molecule has 0 unspecified atom stereocenters. The van der Waals surface area contributed by atoms with Crippen LogP contribution in [0.1, 0.15) is 53.4 Å². The van der Waals surface area contributed by atoms with Crippen molar-refractivity contribution in [3.63, 3.8) is 0 Å². The van der Waals surface area contributed by atoms with Crippen LogP contribution in [0.2, 0.25) is 0 Å². The lowest BCUT2D eigenvalue weighted by Gasteiger charge is -2.56. The summed E-state index contributed by atoms with van der Waals surface area (Å²) in [5.74, 6) is 0.657. The minimum Gasteiger partial charge on any atom is -0.451 e. The third-order valence-electron chi connectivity index (χ3n) is 8.12. The summed E-state index contributed by atoms with van der Waals surface area (Å²) in [6.07, 6.45) is 13.2. The van der Waals surface area contributed by atoms with E-state index in [2.05, 4.69) is 32.1 Å². The Balaban J connectivity index is 1.76. The van der Waals surface area contributed by atoms with Crippen molar-refractivity contribution in [3.8, 4) is 0 Å². The SMILES string of the molecule is CC(=O)O[C@]1(C(C)=O)CC[C@@H]2[C@@H]3C=CC4=CC(=O)C=C[C@@]4(C)[C@@H]3CC[C@@]21C. The topological polar surface area (TPSA) is 60.4 Å². The molecule has 4 heteroatoms. The number of rotatable bonds is 2. The van der Waals surface area contributed by atoms with Crippen LogP contribution in [0, 0.1) is 28.6 Å². The van der Waals surface area contributed by atoms with Crippen molar-refractivity contribution in [3.05, 3.63) is 36.0 Å². The summed E-state index contributed by atoms with van der Waals surface area (Å²) in [5.41, 5.74) is -0.396. The summed E-state index contributed by atoms with van der Waals surface area (Å²) >= 11 is 0. The second kappa shape index (κ2) is 5.76. The van der Waals surface area contributed by atoms with Crippen LogP contribution in [0.25, 0.3) is 0 Å². The average Bonchev–Trinajstić information content (AvgIpc) is 2.89. The number of ketones is 2. The fraction of sp³-hybridized carbons (Fsp3) is 0.609. The molecule has 2 fully saturated rings. The van der Waals surface area contributed by atoms with Gasteiger partial charge in [-0.05, 0) is 68.1 Å². The molecule has 0 aliphatic heterocycles. The molecule has 27 heavy (non-hydrogen) atoms. The Bertz CT molecular complexity index is 818. The molecule has 0 aromatic carbocycles. The van der Waals surface area contributed by atoms with Crippen LogP contribution in [-0.2, 0) is 19.1 Å². The van der Waals surface area contributed by atoms with Crippen molar-refractivity contribution < 1.29 is 19.1 Å². The molecular weight excluding hydrogens is 340 g/mol. The molecule has 0 saturated heterocycles. The van der Waals surface area contributed by atoms with Crippen molar-refractivity contribution in [1.82, 2.24) is 0 Å². The Morgan fingerprint density at radius 2 is 1.78 bits per heavy atom. The van der Waals surface area contributed by atoms with Gasteiger partial charge in [0, 0.05) is 17.8 Å². The molecule has 6 atom stereocenters. The number of Topliss-reactive ketones (excluding diaryl/α,β-unsaturated/α-hetero) is 1. The third-order valence-corrected chi connectivity index (χ3v) is 8.12. The number of allylic oxidation sites excluding steroid dienone is 6. The maximum Gasteiger partial charge on any atom is 0.303 e. The van der Waals surface area contributed by atoms with Gasteiger partial charge in [-0.25, -0.2) is 0 Å². The van der Waals surface area contributed by atoms with Crippen LogP contribution in [0.5, 0.6) is 0 Å². The zero-order chi connectivity index (χ0) is 19.6. The normalized spacial score (nSPS) is 44.8. The first-order valence-electron chi connectivity index (χ1n) is 9.98. The highest BCUT2D eigenvalue weighted by Crippen LogP contribution is 2.66. The van der Waals surface area contributed by atoms with Gasteiger partial charge in [0.25, 0.3) is 0 Å². The Kier molecular flexibility index (Phi) is 3.93. The van der Waals surface area contributed by atoms with Gasteiger partial charge < -0.3 is 4.74 Å². The molecule has 0 radical (unpaired) electrons. The van der Waals surface area contributed by atoms with Crippen molar-refractivity contribution in [2.75, 3.05) is 0 Å². The summed E-state index contributed by atoms with van der Waals surface area (Å²) < 4.78 is 5.78. The van der Waals surface area contributed by atoms with Gasteiger partial charge in [-0.15, -0.1) is 0 Å². The summed E-state index contributed by atoms with van der Waals surface area (Å²) in [5, 5.41) is 0. The molecule has 4 aliphatic rings. The largest absolute Gasteiger partial charge is 0.451 e. The second-order valence-corrected chi connectivity index (χ2v) is 9.24. The first-order valence-corrected chi connectivity index (χ1v) is 9.98. The summed E-state index contributed by atoms with van der Waals surface area (Å²) in [6, 6.07) is 0. The first-order chi connectivity index (χ1) is 12.6. The summed E-state index contributed by atoms with van der Waals surface area (Å²) in [7, 11) is 0. The van der Waals surface area contributed by atoms with E-state index in [9.17, 15) is 14.4 Å². The highest BCUT2D eigenvalue weighted by atomic mass is 16.6. The summed E-state index contributed by atoms with van der Waals surface area (Å²) in [6.45, 7) is 7.34. The molecule has 0 amide bonds. The van der Waals surface area contributed by atoms with E-state index in [1.54, 1.807) is 19.1 Å². The number of ether oxygens (including phenoxy) is 1. The average molecular weight is 368 g/mol. The quantitative estimate of drug-likeness (QED) is 0.692. The Hall–Kier alpha value is -1.97. The monoisotopic (exact) mass is 368 g/mol. The predicted molar refractivity (Wildman–Crippen MR) is 102 cm³/mol. The second-order valence-electron chi connectivity index (χ2n) is 9.24. The van der Waals surface area contributed by atoms with Crippen LogP contribution in [0.15, 0.2) is 36.0 Å². The van der Waals surface area contributed by atoms with E-state index >= 15 is 0 Å². The van der Waals surface area contributed by atoms with Crippen LogP contribution in [0.4, 0.5) is 0 Å². The fourth-order valence-electron chi connectivity index (χ4n) is 6.71. The van der Waals surface area contributed by atoms with E-state index in [0.717, 1.165) is 24.8 Å². The van der Waals surface area contributed by atoms with E-state index in [1.165, 1.54) is 6.92 Å². The van der Waals surface area contributed by atoms with Crippen molar-refractivity contribution in [2.24, 2.45) is 28.6 Å². The Morgan fingerprint density at radius 1 is 1.07 bits per heavy atom. The van der Waals surface area contributed by atoms with E-state index < -0.39 is 5.60 Å². The van der Waals surface area contributed by atoms with Crippen molar-refractivity contribution in [1.29, 1.82) is 0 Å². The Morgan fingerprint density at radius 3 is 2.44 bits per heavy atom. The number of esters is 1. The molecule has 0 heterocycles. The number of carbonyl (C=O) groups excluding carboxylic acids is 3. The maximum atomic E-state index is 12.7. The van der Waals surface area contributed by atoms with Gasteiger partial charge in [0.2, 0.25) is 0 Å². The third kappa shape index (κ3) is 2.31. The van der Waals surface area contributed by atoms with Gasteiger partial charge in [0.15, 0.2) is 17.2 Å². The molecular formula is C23H28O4. The smallest absolute Gasteiger partial charge is 0.303 e. The number of carbonyl (C=O) groups is 3. The minimum atomic E-state index is -1.00. The van der Waals surface area contributed by atoms with Crippen molar-refractivity contribution in [2.45, 2.75) is 59.0 Å². The van der Waals surface area contributed by atoms with Crippen LogP contribution in [-0.4, -0.2) is 23.1 Å². The molecule has 0 aromatic rings. The van der Waals surface area contributed by atoms with E-state index in [-0.39, 0.29) is 28.4 Å². The molecule has 0 spiro atoms. The molecule has 144 valence electrons. The van der Waals surface area contributed by atoms with Gasteiger partial charge in [-0.2, -0.15) is 0 Å². The van der Waals surface area contributed by atoms with Crippen LogP contribution in [0.3, 0.4) is 0 Å². The fourth-order valence-corrected chi connectivity index (χ4v) is 6.71. The first kappa shape index (κ1) is 18.4. The van der Waals surface area contributed by atoms with Gasteiger partial charge in [-0.3, -0.25) is 14.4 Å². The predicted octanol–water partition coefficient (Wildman–Crippen LogP) is 3.96. The molecule has 4 nitrogen and oxygen atoms in total. The van der Waals surface area contributed by atoms with Gasteiger partial charge >= 0.3 is 5.97 Å². The Labute approximate surface area is 160 Å². The highest BCUT2D eigenvalue weighted by molar-refractivity contribution is 6.01. The standard InChI is InChI=1S/C23H28O4/c1-14(24)23(27-15(2)25)12-9-20-18-6-5-16-13-17(26)7-10-21(16,3)19(18)8-11-22(20,23)4/h5-7,10,13,18-20H,8-9,11-12H2,1-4H3/t18-,19-,20-,21-,22+,23+/m1/s1. The van der Waals surface area contributed by atoms with Crippen LogP contribution >= 0.6 is 0 Å². The van der Waals surface area contributed by atoms with Gasteiger partial charge in [0.05, 0.1) is 0 Å². The lowest BCUT2D eigenvalue weighted by molar-refractivity contribution is -0.184. The maximum absolute atomic E-state index is 12.7. The van der Waals surface area contributed by atoms with E-state index in [4.69, 9.17) is 4.74 Å². The zero-order valence-electron chi connectivity index (χ0n) is 16.6. The molecule has 4 aliphatic carbocycles. The molecule has 0 N–H and O–H groups in total. The van der Waals surface area contributed by atoms with Crippen molar-refractivity contribution >= 4 is 17.5 Å². The lowest BCUT2D eigenvalue weighted by Crippen LogP contribution is -2.57. The molecule has 4 rings (SSSR count). The number of hydrogen-bond donors (Lipinski definition) is 0. The summed E-state index contributed by atoms with van der Waals surface area (Å²) in [4.78, 5) is 36.4. The number of fused-ring (bicyclic) bond motifs is 5. The van der Waals surface area contributed by atoms with Gasteiger partial charge in [-0.1, -0.05) is 32.1 Å². The molecule has 0 bridgehead atoms. The molecule has 2 saturated carbocycles.